The van der Waals surface area contributed by atoms with Crippen molar-refractivity contribution in [2.45, 2.75) is 5.38 Å². The zero-order valence-electron chi connectivity index (χ0n) is 6.15. The lowest BCUT2D eigenvalue weighted by Crippen LogP contribution is -2.16. The summed E-state index contributed by atoms with van der Waals surface area (Å²) in [5, 5.41) is 5.54. The van der Waals surface area contributed by atoms with Gasteiger partial charge in [-0.15, -0.1) is 21.8 Å². The number of halogens is 1. The third-order valence-corrected chi connectivity index (χ3v) is 1.50. The van der Waals surface area contributed by atoms with Gasteiger partial charge in [0.05, 0.1) is 7.11 Å². The molecule has 0 radical (unpaired) electrons. The van der Waals surface area contributed by atoms with Crippen molar-refractivity contribution in [3.05, 3.63) is 11.8 Å². The number of azo groups is 1. The molecule has 0 aliphatic carbocycles. The SMILES string of the molecule is COC(=O)C1=CC(Cl)C(=O)N=N1. The van der Waals surface area contributed by atoms with E-state index >= 15 is 0 Å². The summed E-state index contributed by atoms with van der Waals surface area (Å²) in [6.45, 7) is 0. The lowest BCUT2D eigenvalue weighted by Gasteiger charge is -2.05. The number of hydrogen-bond donors (Lipinski definition) is 0. The van der Waals surface area contributed by atoms with Crippen molar-refractivity contribution < 1.29 is 14.3 Å². The van der Waals surface area contributed by atoms with Crippen molar-refractivity contribution in [1.29, 1.82) is 0 Å². The van der Waals surface area contributed by atoms with Gasteiger partial charge < -0.3 is 4.74 Å². The van der Waals surface area contributed by atoms with Crippen molar-refractivity contribution in [3.63, 3.8) is 0 Å². The van der Waals surface area contributed by atoms with Crippen LogP contribution in [0.25, 0.3) is 0 Å². The number of carbonyl (C=O) groups excluding carboxylic acids is 2. The molecule has 0 saturated carbocycles. The Morgan fingerprint density at radius 3 is 2.83 bits per heavy atom. The van der Waals surface area contributed by atoms with Gasteiger partial charge in [-0.3, -0.25) is 4.79 Å². The molecule has 0 saturated heterocycles. The van der Waals surface area contributed by atoms with Crippen LogP contribution in [-0.2, 0) is 14.3 Å². The Kier molecular flexibility index (Phi) is 2.54. The van der Waals surface area contributed by atoms with Gasteiger partial charge in [-0.2, -0.15) is 0 Å². The number of amides is 1. The van der Waals surface area contributed by atoms with Gasteiger partial charge in [0.2, 0.25) is 0 Å². The van der Waals surface area contributed by atoms with Crippen LogP contribution in [0.5, 0.6) is 0 Å². The molecule has 1 rings (SSSR count). The lowest BCUT2D eigenvalue weighted by atomic mass is 10.3. The molecule has 5 nitrogen and oxygen atoms in total. The highest BCUT2D eigenvalue weighted by molar-refractivity contribution is 6.32. The Hall–Kier alpha value is -1.23. The van der Waals surface area contributed by atoms with Crippen molar-refractivity contribution in [3.8, 4) is 0 Å². The molecule has 0 fully saturated rings. The van der Waals surface area contributed by atoms with E-state index in [1.165, 1.54) is 13.2 Å². The number of ether oxygens (including phenoxy) is 1. The minimum atomic E-state index is -0.920. The Morgan fingerprint density at radius 1 is 1.67 bits per heavy atom. The Bertz CT molecular complexity index is 285. The van der Waals surface area contributed by atoms with Crippen LogP contribution in [0.2, 0.25) is 0 Å². The van der Waals surface area contributed by atoms with Crippen molar-refractivity contribution in [2.75, 3.05) is 7.11 Å². The fraction of sp³-hybridized carbons (Fsp3) is 0.333. The van der Waals surface area contributed by atoms with Crippen LogP contribution in [-0.4, -0.2) is 24.4 Å². The van der Waals surface area contributed by atoms with E-state index < -0.39 is 17.3 Å². The maximum atomic E-state index is 10.8. The molecule has 1 amide bonds. The van der Waals surface area contributed by atoms with Gasteiger partial charge >= 0.3 is 5.97 Å². The fourth-order valence-electron chi connectivity index (χ4n) is 0.615. The quantitative estimate of drug-likeness (QED) is 0.448. The second-order valence-electron chi connectivity index (χ2n) is 1.98. The van der Waals surface area contributed by atoms with E-state index in [9.17, 15) is 9.59 Å². The number of rotatable bonds is 1. The van der Waals surface area contributed by atoms with Gasteiger partial charge in [0, 0.05) is 0 Å². The van der Waals surface area contributed by atoms with Crippen LogP contribution in [0.4, 0.5) is 0 Å². The summed E-state index contributed by atoms with van der Waals surface area (Å²) in [4.78, 5) is 21.5. The first-order valence-corrected chi connectivity index (χ1v) is 3.48. The van der Waals surface area contributed by atoms with Crippen molar-refractivity contribution >= 4 is 23.5 Å². The topological polar surface area (TPSA) is 68.1 Å². The van der Waals surface area contributed by atoms with Gasteiger partial charge in [0.15, 0.2) is 5.70 Å². The average Bonchev–Trinajstić information content (AvgIpc) is 2.08. The Labute approximate surface area is 73.1 Å². The second-order valence-corrected chi connectivity index (χ2v) is 2.45. The molecule has 0 spiro atoms. The molecule has 12 heavy (non-hydrogen) atoms. The number of carbonyl (C=O) groups is 2. The van der Waals surface area contributed by atoms with Gasteiger partial charge in [-0.05, 0) is 6.08 Å². The van der Waals surface area contributed by atoms with E-state index in [0.29, 0.717) is 0 Å². The van der Waals surface area contributed by atoms with Crippen LogP contribution < -0.4 is 0 Å². The normalized spacial score (nSPS) is 22.0. The third-order valence-electron chi connectivity index (χ3n) is 1.19. The van der Waals surface area contributed by atoms with Crippen LogP contribution in [0.1, 0.15) is 0 Å². The van der Waals surface area contributed by atoms with E-state index in [1.54, 1.807) is 0 Å². The minimum absolute atomic E-state index is 0.0444. The van der Waals surface area contributed by atoms with Crippen LogP contribution in [0, 0.1) is 0 Å². The highest BCUT2D eigenvalue weighted by Gasteiger charge is 2.21. The largest absolute Gasteiger partial charge is 0.464 e. The third kappa shape index (κ3) is 1.68. The predicted molar refractivity (Wildman–Crippen MR) is 39.6 cm³/mol. The molecule has 1 atom stereocenters. The molecule has 64 valence electrons. The highest BCUT2D eigenvalue weighted by atomic mass is 35.5. The molecule has 0 aromatic carbocycles. The maximum absolute atomic E-state index is 10.8. The van der Waals surface area contributed by atoms with Gasteiger partial charge in [0.25, 0.3) is 5.91 Å². The fourth-order valence-corrected chi connectivity index (χ4v) is 0.778. The molecule has 1 unspecified atom stereocenters. The lowest BCUT2D eigenvalue weighted by molar-refractivity contribution is -0.136. The van der Waals surface area contributed by atoms with E-state index in [-0.39, 0.29) is 5.70 Å². The summed E-state index contributed by atoms with van der Waals surface area (Å²) in [5.41, 5.74) is -0.0444. The molecule has 0 aromatic rings. The molecular weight excluding hydrogens is 184 g/mol. The zero-order valence-corrected chi connectivity index (χ0v) is 6.91. The Balaban J connectivity index is 2.83. The standard InChI is InChI=1S/C6H5ClN2O3/c1-12-6(11)4-2-3(7)5(10)9-8-4/h2-3H,1H3. The number of esters is 1. The molecule has 0 N–H and O–H groups in total. The summed E-state index contributed by atoms with van der Waals surface area (Å²) >= 11 is 5.48. The summed E-state index contributed by atoms with van der Waals surface area (Å²) < 4.78 is 4.34. The number of nitrogens with zero attached hydrogens (tertiary/aromatic N) is 2. The van der Waals surface area contributed by atoms with E-state index in [2.05, 4.69) is 15.0 Å². The van der Waals surface area contributed by atoms with Gasteiger partial charge in [0.1, 0.15) is 5.38 Å². The van der Waals surface area contributed by atoms with Gasteiger partial charge in [-0.1, -0.05) is 0 Å². The monoisotopic (exact) mass is 188 g/mol. The van der Waals surface area contributed by atoms with Crippen LogP contribution in [0.15, 0.2) is 22.0 Å². The molecule has 6 heteroatoms. The molecule has 1 aliphatic heterocycles. The van der Waals surface area contributed by atoms with Crippen molar-refractivity contribution in [1.82, 2.24) is 0 Å². The van der Waals surface area contributed by atoms with Crippen LogP contribution >= 0.6 is 11.6 Å². The maximum Gasteiger partial charge on any atom is 0.358 e. The Morgan fingerprint density at radius 2 is 2.33 bits per heavy atom. The smallest absolute Gasteiger partial charge is 0.358 e. The van der Waals surface area contributed by atoms with E-state index in [4.69, 9.17) is 11.6 Å². The van der Waals surface area contributed by atoms with Crippen molar-refractivity contribution in [2.24, 2.45) is 10.2 Å². The highest BCUT2D eigenvalue weighted by Crippen LogP contribution is 2.14. The molecule has 0 bridgehead atoms. The summed E-state index contributed by atoms with van der Waals surface area (Å²) in [6, 6.07) is 0. The first kappa shape index (κ1) is 8.86. The first-order chi connectivity index (χ1) is 5.65. The zero-order chi connectivity index (χ0) is 9.14. The van der Waals surface area contributed by atoms with Crippen LogP contribution in [0.3, 0.4) is 0 Å². The predicted octanol–water partition coefficient (Wildman–Crippen LogP) is 0.643. The molecular formula is C6H5ClN2O3. The molecule has 0 aromatic heterocycles. The van der Waals surface area contributed by atoms with Gasteiger partial charge in [-0.25, -0.2) is 4.79 Å². The molecule has 1 heterocycles. The summed E-state index contributed by atoms with van der Waals surface area (Å²) in [6.07, 6.45) is 1.20. The summed E-state index contributed by atoms with van der Waals surface area (Å²) in [7, 11) is 1.21. The summed E-state index contributed by atoms with van der Waals surface area (Å²) in [5.74, 6) is -1.23. The minimum Gasteiger partial charge on any atom is -0.464 e. The van der Waals surface area contributed by atoms with E-state index in [1.807, 2.05) is 0 Å². The first-order valence-electron chi connectivity index (χ1n) is 3.05. The van der Waals surface area contributed by atoms with E-state index in [0.717, 1.165) is 0 Å². The number of hydrogen-bond acceptors (Lipinski definition) is 4. The number of alkyl halides is 1. The average molecular weight is 189 g/mol. The molecule has 1 aliphatic rings. The second kappa shape index (κ2) is 3.44. The number of methoxy groups -OCH3 is 1.